The third-order valence-electron chi connectivity index (χ3n) is 2.65. The molecule has 0 atom stereocenters. The lowest BCUT2D eigenvalue weighted by Gasteiger charge is -2.12. The summed E-state index contributed by atoms with van der Waals surface area (Å²) in [5.41, 5.74) is 0. The second kappa shape index (κ2) is 10.5. The highest BCUT2D eigenvalue weighted by molar-refractivity contribution is 5.39. The Hall–Kier alpha value is -1.26. The molecule has 4 nitrogen and oxygen atoms in total. The Bertz CT molecular complexity index is 355. The maximum Gasteiger partial charge on any atom is 0.161 e. The summed E-state index contributed by atoms with van der Waals surface area (Å²) < 4.78 is 16.7. The second-order valence-electron chi connectivity index (χ2n) is 4.80. The second-order valence-corrected chi connectivity index (χ2v) is 4.80. The van der Waals surface area contributed by atoms with Gasteiger partial charge >= 0.3 is 0 Å². The van der Waals surface area contributed by atoms with E-state index >= 15 is 0 Å². The molecule has 114 valence electrons. The SMILES string of the molecule is CCOc1ccccc1OCCOCCCNC(C)C. The van der Waals surface area contributed by atoms with Crippen molar-refractivity contribution in [3.05, 3.63) is 24.3 Å². The highest BCUT2D eigenvalue weighted by Crippen LogP contribution is 2.26. The van der Waals surface area contributed by atoms with Crippen LogP contribution in [0.25, 0.3) is 0 Å². The van der Waals surface area contributed by atoms with Gasteiger partial charge in [-0.25, -0.2) is 0 Å². The molecule has 0 heterocycles. The number of hydrogen-bond donors (Lipinski definition) is 1. The normalized spacial score (nSPS) is 10.8. The molecule has 0 saturated carbocycles. The van der Waals surface area contributed by atoms with E-state index in [1.165, 1.54) is 0 Å². The fourth-order valence-electron chi connectivity index (χ4n) is 1.72. The Morgan fingerprint density at radius 3 is 2.35 bits per heavy atom. The molecule has 0 aliphatic rings. The van der Waals surface area contributed by atoms with Gasteiger partial charge in [-0.3, -0.25) is 0 Å². The third-order valence-corrected chi connectivity index (χ3v) is 2.65. The number of rotatable bonds is 11. The van der Waals surface area contributed by atoms with Gasteiger partial charge in [-0.1, -0.05) is 26.0 Å². The van der Waals surface area contributed by atoms with Crippen molar-refractivity contribution in [2.75, 3.05) is 33.0 Å². The molecule has 0 saturated heterocycles. The summed E-state index contributed by atoms with van der Waals surface area (Å²) in [6, 6.07) is 8.25. The van der Waals surface area contributed by atoms with E-state index in [9.17, 15) is 0 Å². The van der Waals surface area contributed by atoms with Crippen LogP contribution in [0.3, 0.4) is 0 Å². The Morgan fingerprint density at radius 1 is 1.00 bits per heavy atom. The van der Waals surface area contributed by atoms with Crippen molar-refractivity contribution in [3.8, 4) is 11.5 Å². The Balaban J connectivity index is 2.09. The molecule has 20 heavy (non-hydrogen) atoms. The minimum atomic E-state index is 0.536. The lowest BCUT2D eigenvalue weighted by Crippen LogP contribution is -2.24. The molecule has 0 amide bonds. The lowest BCUT2D eigenvalue weighted by molar-refractivity contribution is 0.0968. The summed E-state index contributed by atoms with van der Waals surface area (Å²) in [6.45, 7) is 9.78. The van der Waals surface area contributed by atoms with Gasteiger partial charge in [-0.05, 0) is 32.0 Å². The van der Waals surface area contributed by atoms with Crippen LogP contribution in [0.1, 0.15) is 27.2 Å². The molecular weight excluding hydrogens is 254 g/mol. The van der Waals surface area contributed by atoms with Crippen molar-refractivity contribution >= 4 is 0 Å². The zero-order chi connectivity index (χ0) is 14.6. The quantitative estimate of drug-likeness (QED) is 0.633. The average Bonchev–Trinajstić information content (AvgIpc) is 2.43. The van der Waals surface area contributed by atoms with E-state index in [-0.39, 0.29) is 0 Å². The maximum atomic E-state index is 5.67. The molecule has 1 aromatic rings. The Morgan fingerprint density at radius 2 is 1.70 bits per heavy atom. The highest BCUT2D eigenvalue weighted by Gasteiger charge is 2.02. The first-order valence-electron chi connectivity index (χ1n) is 7.39. The molecular formula is C16H27NO3. The zero-order valence-corrected chi connectivity index (χ0v) is 12.9. The standard InChI is InChI=1S/C16H27NO3/c1-4-19-15-8-5-6-9-16(15)20-13-12-18-11-7-10-17-14(2)3/h5-6,8-9,14,17H,4,7,10-13H2,1-3H3. The van der Waals surface area contributed by atoms with Crippen molar-refractivity contribution in [1.29, 1.82) is 0 Å². The molecule has 0 bridgehead atoms. The van der Waals surface area contributed by atoms with Crippen LogP contribution in [0.4, 0.5) is 0 Å². The van der Waals surface area contributed by atoms with E-state index in [0.29, 0.717) is 25.9 Å². The van der Waals surface area contributed by atoms with Crippen LogP contribution in [0.5, 0.6) is 11.5 Å². The highest BCUT2D eigenvalue weighted by atomic mass is 16.5. The fraction of sp³-hybridized carbons (Fsp3) is 0.625. The summed E-state index contributed by atoms with van der Waals surface area (Å²) in [5, 5.41) is 3.36. The summed E-state index contributed by atoms with van der Waals surface area (Å²) in [5.74, 6) is 1.57. The lowest BCUT2D eigenvalue weighted by atomic mass is 10.3. The first-order chi connectivity index (χ1) is 9.74. The van der Waals surface area contributed by atoms with E-state index in [1.807, 2.05) is 31.2 Å². The first-order valence-corrected chi connectivity index (χ1v) is 7.39. The molecule has 1 rings (SSSR count). The first kappa shape index (κ1) is 16.8. The number of hydrogen-bond acceptors (Lipinski definition) is 4. The van der Waals surface area contributed by atoms with E-state index in [4.69, 9.17) is 14.2 Å². The molecule has 0 radical (unpaired) electrons. The van der Waals surface area contributed by atoms with Crippen LogP contribution >= 0.6 is 0 Å². The molecule has 0 fully saturated rings. The predicted octanol–water partition coefficient (Wildman–Crippen LogP) is 2.87. The molecule has 0 aliphatic heterocycles. The van der Waals surface area contributed by atoms with Crippen LogP contribution in [0.2, 0.25) is 0 Å². The number of ether oxygens (including phenoxy) is 3. The van der Waals surface area contributed by atoms with Crippen molar-refractivity contribution < 1.29 is 14.2 Å². The van der Waals surface area contributed by atoms with E-state index < -0.39 is 0 Å². The van der Waals surface area contributed by atoms with Gasteiger partial charge in [0, 0.05) is 12.6 Å². The summed E-state index contributed by atoms with van der Waals surface area (Å²) >= 11 is 0. The van der Waals surface area contributed by atoms with Crippen LogP contribution in [-0.2, 0) is 4.74 Å². The van der Waals surface area contributed by atoms with Gasteiger partial charge in [-0.15, -0.1) is 0 Å². The third kappa shape index (κ3) is 7.36. The monoisotopic (exact) mass is 281 g/mol. The van der Waals surface area contributed by atoms with Gasteiger partial charge in [0.1, 0.15) is 6.61 Å². The van der Waals surface area contributed by atoms with Crippen molar-refractivity contribution in [1.82, 2.24) is 5.32 Å². The van der Waals surface area contributed by atoms with Crippen LogP contribution in [-0.4, -0.2) is 39.0 Å². The minimum absolute atomic E-state index is 0.536. The van der Waals surface area contributed by atoms with Crippen molar-refractivity contribution in [3.63, 3.8) is 0 Å². The van der Waals surface area contributed by atoms with E-state index in [0.717, 1.165) is 31.1 Å². The van der Waals surface area contributed by atoms with Gasteiger partial charge in [0.2, 0.25) is 0 Å². The average molecular weight is 281 g/mol. The maximum absolute atomic E-state index is 5.67. The van der Waals surface area contributed by atoms with Crippen LogP contribution < -0.4 is 14.8 Å². The van der Waals surface area contributed by atoms with Gasteiger partial charge < -0.3 is 19.5 Å². The zero-order valence-electron chi connectivity index (χ0n) is 12.9. The van der Waals surface area contributed by atoms with Crippen LogP contribution in [0.15, 0.2) is 24.3 Å². The molecule has 1 N–H and O–H groups in total. The van der Waals surface area contributed by atoms with Crippen LogP contribution in [0, 0.1) is 0 Å². The molecule has 1 aromatic carbocycles. The van der Waals surface area contributed by atoms with Gasteiger partial charge in [0.25, 0.3) is 0 Å². The fourth-order valence-corrected chi connectivity index (χ4v) is 1.72. The number of benzene rings is 1. The minimum Gasteiger partial charge on any atom is -0.490 e. The summed E-state index contributed by atoms with van der Waals surface area (Å²) in [4.78, 5) is 0. The van der Waals surface area contributed by atoms with Gasteiger partial charge in [-0.2, -0.15) is 0 Å². The molecule has 0 aliphatic carbocycles. The molecule has 4 heteroatoms. The summed E-state index contributed by atoms with van der Waals surface area (Å²) in [7, 11) is 0. The van der Waals surface area contributed by atoms with E-state index in [1.54, 1.807) is 0 Å². The topological polar surface area (TPSA) is 39.7 Å². The smallest absolute Gasteiger partial charge is 0.161 e. The molecule has 0 spiro atoms. The predicted molar refractivity (Wildman–Crippen MR) is 81.7 cm³/mol. The van der Waals surface area contributed by atoms with Crippen molar-refractivity contribution in [2.45, 2.75) is 33.2 Å². The molecule has 0 aromatic heterocycles. The molecule has 0 unspecified atom stereocenters. The van der Waals surface area contributed by atoms with Gasteiger partial charge in [0.15, 0.2) is 11.5 Å². The van der Waals surface area contributed by atoms with Crippen molar-refractivity contribution in [2.24, 2.45) is 0 Å². The number of para-hydroxylation sites is 2. The Labute approximate surface area is 122 Å². The van der Waals surface area contributed by atoms with E-state index in [2.05, 4.69) is 19.2 Å². The Kier molecular flexibility index (Phi) is 8.83. The number of nitrogens with one attached hydrogen (secondary N) is 1. The largest absolute Gasteiger partial charge is 0.490 e. The summed E-state index contributed by atoms with van der Waals surface area (Å²) in [6.07, 6.45) is 1.02. The van der Waals surface area contributed by atoms with Gasteiger partial charge in [0.05, 0.1) is 13.2 Å².